The SMILES string of the molecule is CC(=O)N1N=C(c2ccc(Br)cc2)O[C@]1(C)CC(=O)Nc1ccccc1. The van der Waals surface area contributed by atoms with Crippen LogP contribution in [0.25, 0.3) is 0 Å². The lowest BCUT2D eigenvalue weighted by atomic mass is 10.1. The Hall–Kier alpha value is -2.67. The van der Waals surface area contributed by atoms with Crippen molar-refractivity contribution in [1.29, 1.82) is 0 Å². The molecule has 0 bridgehead atoms. The summed E-state index contributed by atoms with van der Waals surface area (Å²) < 4.78 is 6.86. The van der Waals surface area contributed by atoms with Gasteiger partial charge in [0.15, 0.2) is 0 Å². The highest BCUT2D eigenvalue weighted by Crippen LogP contribution is 2.31. The number of hydrogen-bond acceptors (Lipinski definition) is 4. The number of nitrogens with one attached hydrogen (secondary N) is 1. The summed E-state index contributed by atoms with van der Waals surface area (Å²) in [6.45, 7) is 3.07. The molecule has 0 aromatic heterocycles. The fourth-order valence-corrected chi connectivity index (χ4v) is 2.98. The second-order valence-corrected chi connectivity index (χ2v) is 7.03. The monoisotopic (exact) mass is 415 g/mol. The summed E-state index contributed by atoms with van der Waals surface area (Å²) in [7, 11) is 0. The standard InChI is InChI=1S/C19H18BrN3O3/c1-13(24)23-19(2,12-17(25)21-16-6-4-3-5-7-16)26-18(22-23)14-8-10-15(20)11-9-14/h3-11H,12H2,1-2H3,(H,21,25)/t19-/m1/s1. The minimum atomic E-state index is -1.19. The van der Waals surface area contributed by atoms with Crippen molar-refractivity contribution in [1.82, 2.24) is 5.01 Å². The average Bonchev–Trinajstić information content (AvgIpc) is 2.93. The first kappa shape index (κ1) is 18.1. The summed E-state index contributed by atoms with van der Waals surface area (Å²) in [6, 6.07) is 16.5. The van der Waals surface area contributed by atoms with Crippen molar-refractivity contribution in [3.63, 3.8) is 0 Å². The molecule has 1 aliphatic rings. The third kappa shape index (κ3) is 3.94. The summed E-state index contributed by atoms with van der Waals surface area (Å²) >= 11 is 3.38. The van der Waals surface area contributed by atoms with E-state index in [9.17, 15) is 9.59 Å². The predicted octanol–water partition coefficient (Wildman–Crippen LogP) is 3.73. The van der Waals surface area contributed by atoms with Crippen molar-refractivity contribution < 1.29 is 14.3 Å². The number of para-hydroxylation sites is 1. The lowest BCUT2D eigenvalue weighted by molar-refractivity contribution is -0.147. The number of halogens is 1. The molecule has 0 saturated carbocycles. The number of anilines is 1. The first-order valence-corrected chi connectivity index (χ1v) is 8.86. The second kappa shape index (κ2) is 7.29. The molecule has 2 amide bonds. The van der Waals surface area contributed by atoms with E-state index in [0.29, 0.717) is 11.6 Å². The average molecular weight is 416 g/mol. The Morgan fingerprint density at radius 2 is 1.81 bits per heavy atom. The third-order valence-corrected chi connectivity index (χ3v) is 4.42. The highest BCUT2D eigenvalue weighted by Gasteiger charge is 2.45. The van der Waals surface area contributed by atoms with Crippen molar-refractivity contribution in [3.8, 4) is 0 Å². The van der Waals surface area contributed by atoms with Crippen LogP contribution in [0.3, 0.4) is 0 Å². The van der Waals surface area contributed by atoms with Gasteiger partial charge in [-0.05, 0) is 43.3 Å². The largest absolute Gasteiger partial charge is 0.447 e. The fourth-order valence-electron chi connectivity index (χ4n) is 2.72. The third-order valence-electron chi connectivity index (χ3n) is 3.89. The maximum atomic E-state index is 12.4. The lowest BCUT2D eigenvalue weighted by Crippen LogP contribution is -2.46. The number of hydrazone groups is 1. The second-order valence-electron chi connectivity index (χ2n) is 6.11. The predicted molar refractivity (Wildman–Crippen MR) is 102 cm³/mol. The van der Waals surface area contributed by atoms with Crippen LogP contribution in [-0.2, 0) is 14.3 Å². The maximum Gasteiger partial charge on any atom is 0.243 e. The normalized spacial score (nSPS) is 18.9. The first-order chi connectivity index (χ1) is 12.4. The molecule has 2 aromatic rings. The maximum absolute atomic E-state index is 12.4. The van der Waals surface area contributed by atoms with Crippen LogP contribution >= 0.6 is 15.9 Å². The van der Waals surface area contributed by atoms with Crippen molar-refractivity contribution >= 4 is 39.3 Å². The van der Waals surface area contributed by atoms with Gasteiger partial charge in [0.25, 0.3) is 0 Å². The highest BCUT2D eigenvalue weighted by molar-refractivity contribution is 9.10. The molecule has 1 heterocycles. The Labute approximate surface area is 160 Å². The van der Waals surface area contributed by atoms with Crippen LogP contribution < -0.4 is 5.32 Å². The van der Waals surface area contributed by atoms with E-state index in [1.54, 1.807) is 19.1 Å². The van der Waals surface area contributed by atoms with Crippen LogP contribution in [0.15, 0.2) is 64.2 Å². The Bertz CT molecular complexity index is 852. The Morgan fingerprint density at radius 1 is 1.15 bits per heavy atom. The summed E-state index contributed by atoms with van der Waals surface area (Å²) in [5.74, 6) is -0.257. The minimum Gasteiger partial charge on any atom is -0.447 e. The van der Waals surface area contributed by atoms with E-state index in [2.05, 4.69) is 26.3 Å². The molecule has 1 N–H and O–H groups in total. The van der Waals surface area contributed by atoms with Gasteiger partial charge in [-0.2, -0.15) is 5.01 Å². The fraction of sp³-hybridized carbons (Fsp3) is 0.211. The molecule has 26 heavy (non-hydrogen) atoms. The molecule has 0 radical (unpaired) electrons. The Morgan fingerprint density at radius 3 is 2.42 bits per heavy atom. The molecule has 0 saturated heterocycles. The highest BCUT2D eigenvalue weighted by atomic mass is 79.9. The molecule has 0 aliphatic carbocycles. The quantitative estimate of drug-likeness (QED) is 0.826. The molecule has 1 aliphatic heterocycles. The van der Waals surface area contributed by atoms with Gasteiger partial charge in [-0.1, -0.05) is 34.1 Å². The van der Waals surface area contributed by atoms with Crippen LogP contribution in [0.5, 0.6) is 0 Å². The summed E-state index contributed by atoms with van der Waals surface area (Å²) in [6.07, 6.45) is -0.0506. The number of benzene rings is 2. The molecule has 2 aromatic carbocycles. The Balaban J connectivity index is 1.78. The van der Waals surface area contributed by atoms with E-state index in [-0.39, 0.29) is 18.2 Å². The molecule has 6 nitrogen and oxygen atoms in total. The number of carbonyl (C=O) groups is 2. The smallest absolute Gasteiger partial charge is 0.243 e. The molecular weight excluding hydrogens is 398 g/mol. The van der Waals surface area contributed by atoms with Gasteiger partial charge in [-0.15, -0.1) is 5.10 Å². The van der Waals surface area contributed by atoms with Crippen LogP contribution in [0.1, 0.15) is 25.8 Å². The van der Waals surface area contributed by atoms with Gasteiger partial charge in [0.05, 0.1) is 6.42 Å². The van der Waals surface area contributed by atoms with Gasteiger partial charge >= 0.3 is 0 Å². The summed E-state index contributed by atoms with van der Waals surface area (Å²) in [5.41, 5.74) is 0.224. The number of hydrogen-bond donors (Lipinski definition) is 1. The van der Waals surface area contributed by atoms with Crippen molar-refractivity contribution in [2.45, 2.75) is 26.0 Å². The number of ether oxygens (including phenoxy) is 1. The van der Waals surface area contributed by atoms with Gasteiger partial charge < -0.3 is 10.1 Å². The first-order valence-electron chi connectivity index (χ1n) is 8.07. The van der Waals surface area contributed by atoms with E-state index in [1.807, 2.05) is 42.5 Å². The van der Waals surface area contributed by atoms with Crippen LogP contribution in [0.2, 0.25) is 0 Å². The number of nitrogens with zero attached hydrogens (tertiary/aromatic N) is 2. The van der Waals surface area contributed by atoms with Crippen molar-refractivity contribution in [3.05, 3.63) is 64.6 Å². The van der Waals surface area contributed by atoms with Gasteiger partial charge in [0, 0.05) is 22.6 Å². The number of amides is 2. The van der Waals surface area contributed by atoms with Crippen LogP contribution in [0, 0.1) is 0 Å². The minimum absolute atomic E-state index is 0.0506. The zero-order valence-electron chi connectivity index (χ0n) is 14.4. The molecule has 0 fully saturated rings. The van der Waals surface area contributed by atoms with E-state index >= 15 is 0 Å². The van der Waals surface area contributed by atoms with Crippen molar-refractivity contribution in [2.75, 3.05) is 5.32 Å². The molecule has 0 unspecified atom stereocenters. The molecule has 3 rings (SSSR count). The van der Waals surface area contributed by atoms with E-state index in [1.165, 1.54) is 11.9 Å². The van der Waals surface area contributed by atoms with E-state index in [0.717, 1.165) is 10.0 Å². The van der Waals surface area contributed by atoms with E-state index < -0.39 is 5.72 Å². The molecule has 7 heteroatoms. The number of carbonyl (C=O) groups excluding carboxylic acids is 2. The Kier molecular flexibility index (Phi) is 5.08. The van der Waals surface area contributed by atoms with Gasteiger partial charge in [0.2, 0.25) is 23.4 Å². The lowest BCUT2D eigenvalue weighted by Gasteiger charge is -2.30. The molecule has 1 atom stereocenters. The zero-order valence-corrected chi connectivity index (χ0v) is 16.0. The van der Waals surface area contributed by atoms with Crippen LogP contribution in [-0.4, -0.2) is 28.4 Å². The van der Waals surface area contributed by atoms with Gasteiger partial charge in [-0.25, -0.2) is 0 Å². The van der Waals surface area contributed by atoms with Gasteiger partial charge in [0.1, 0.15) is 0 Å². The summed E-state index contributed by atoms with van der Waals surface area (Å²) in [4.78, 5) is 24.5. The van der Waals surface area contributed by atoms with E-state index in [4.69, 9.17) is 4.74 Å². The summed E-state index contributed by atoms with van der Waals surface area (Å²) in [5, 5.41) is 8.30. The number of rotatable bonds is 4. The molecular formula is C19H18BrN3O3. The molecule has 134 valence electrons. The van der Waals surface area contributed by atoms with Crippen LogP contribution in [0.4, 0.5) is 5.69 Å². The molecule has 0 spiro atoms. The zero-order chi connectivity index (χ0) is 18.7. The van der Waals surface area contributed by atoms with Gasteiger partial charge in [-0.3, -0.25) is 9.59 Å². The van der Waals surface area contributed by atoms with Crippen molar-refractivity contribution in [2.24, 2.45) is 5.10 Å². The topological polar surface area (TPSA) is 71.0 Å².